The van der Waals surface area contributed by atoms with Gasteiger partial charge >= 0.3 is 5.97 Å². The van der Waals surface area contributed by atoms with Gasteiger partial charge in [-0.2, -0.15) is 0 Å². The van der Waals surface area contributed by atoms with Crippen LogP contribution in [0.5, 0.6) is 0 Å². The Morgan fingerprint density at radius 3 is 2.77 bits per heavy atom. The molecule has 0 radical (unpaired) electrons. The number of hydrogen-bond acceptors (Lipinski definition) is 3. The molecule has 0 fully saturated rings. The molecule has 3 nitrogen and oxygen atoms in total. The number of carbonyl (C=O) groups excluding carboxylic acids is 1. The Balaban J connectivity index is 2.54. The minimum Gasteiger partial charge on any atom is -0.463 e. The second-order valence-corrected chi connectivity index (χ2v) is 3.05. The largest absolute Gasteiger partial charge is 0.463 e. The van der Waals surface area contributed by atoms with E-state index in [4.69, 9.17) is 10.1 Å². The lowest BCUT2D eigenvalue weighted by Crippen LogP contribution is -2.28. The monoisotopic (exact) mass is 181 g/mol. The molecule has 1 atom stereocenters. The maximum absolute atomic E-state index is 11.3. The molecule has 13 heavy (non-hydrogen) atoms. The van der Waals surface area contributed by atoms with Gasteiger partial charge in [-0.3, -0.25) is 0 Å². The van der Waals surface area contributed by atoms with Crippen molar-refractivity contribution in [2.45, 2.75) is 26.7 Å². The van der Waals surface area contributed by atoms with E-state index in [1.807, 2.05) is 13.0 Å². The summed E-state index contributed by atoms with van der Waals surface area (Å²) in [6.45, 7) is 4.13. The first-order chi connectivity index (χ1) is 6.20. The summed E-state index contributed by atoms with van der Waals surface area (Å²) in [6.07, 6.45) is 3.38. The fourth-order valence-electron chi connectivity index (χ4n) is 1.37. The van der Waals surface area contributed by atoms with E-state index >= 15 is 0 Å². The number of hydrogen-bond donors (Lipinski definition) is 1. The molecule has 1 aliphatic rings. The van der Waals surface area contributed by atoms with Crippen LogP contribution < -0.4 is 0 Å². The van der Waals surface area contributed by atoms with Gasteiger partial charge in [-0.05, 0) is 19.8 Å². The summed E-state index contributed by atoms with van der Waals surface area (Å²) in [5.74, 6) is -0.221. The quantitative estimate of drug-likeness (QED) is 0.532. The van der Waals surface area contributed by atoms with Crippen LogP contribution in [0.1, 0.15) is 26.7 Å². The van der Waals surface area contributed by atoms with Gasteiger partial charge in [0.15, 0.2) is 0 Å². The van der Waals surface area contributed by atoms with E-state index in [0.29, 0.717) is 24.3 Å². The zero-order chi connectivity index (χ0) is 9.84. The summed E-state index contributed by atoms with van der Waals surface area (Å²) in [4.78, 5) is 11.3. The predicted molar refractivity (Wildman–Crippen MR) is 50.8 cm³/mol. The third-order valence-electron chi connectivity index (χ3n) is 2.26. The molecule has 0 amide bonds. The second kappa shape index (κ2) is 4.21. The van der Waals surface area contributed by atoms with Crippen LogP contribution in [-0.4, -0.2) is 18.3 Å². The maximum atomic E-state index is 11.3. The van der Waals surface area contributed by atoms with Gasteiger partial charge in [0.05, 0.1) is 6.61 Å². The fraction of sp³-hybridized carbons (Fsp3) is 0.600. The van der Waals surface area contributed by atoms with Crippen molar-refractivity contribution in [3.05, 3.63) is 11.6 Å². The topological polar surface area (TPSA) is 50.2 Å². The first kappa shape index (κ1) is 9.96. The van der Waals surface area contributed by atoms with Crippen molar-refractivity contribution in [3.8, 4) is 0 Å². The lowest BCUT2D eigenvalue weighted by molar-refractivity contribution is -0.139. The van der Waals surface area contributed by atoms with Crippen LogP contribution in [0.2, 0.25) is 0 Å². The highest BCUT2D eigenvalue weighted by molar-refractivity contribution is 6.00. The Bertz CT molecular complexity index is 256. The number of carbonyl (C=O) groups is 1. The molecular formula is C10H15NO2. The fourth-order valence-corrected chi connectivity index (χ4v) is 1.37. The van der Waals surface area contributed by atoms with Crippen LogP contribution in [0.4, 0.5) is 0 Å². The molecule has 0 aromatic rings. The lowest BCUT2D eigenvalue weighted by atomic mass is 9.80. The third-order valence-corrected chi connectivity index (χ3v) is 2.26. The Kier molecular flexibility index (Phi) is 3.23. The van der Waals surface area contributed by atoms with Gasteiger partial charge in [0.2, 0.25) is 0 Å². The molecule has 1 rings (SSSR count). The minimum absolute atomic E-state index is 0.0315. The molecule has 0 heterocycles. The normalized spacial score (nSPS) is 20.2. The first-order valence-corrected chi connectivity index (χ1v) is 4.65. The molecule has 0 spiro atoms. The molecular weight excluding hydrogens is 166 g/mol. The van der Waals surface area contributed by atoms with Gasteiger partial charge in [-0.15, -0.1) is 0 Å². The van der Waals surface area contributed by atoms with Crippen LogP contribution in [0.25, 0.3) is 0 Å². The number of allylic oxidation sites excluding steroid dienone is 1. The molecule has 1 aliphatic carbocycles. The van der Waals surface area contributed by atoms with E-state index < -0.39 is 0 Å². The zero-order valence-electron chi connectivity index (χ0n) is 8.09. The molecule has 72 valence electrons. The SMILES string of the molecule is CCOC(=O)C1=CCC1C(=N)CC. The standard InChI is InChI=1S/C10H15NO2/c1-3-9(11)7-5-6-8(7)10(12)13-4-2/h6-7,11H,3-5H2,1-2H3. The van der Waals surface area contributed by atoms with Crippen LogP contribution in [0, 0.1) is 11.3 Å². The van der Waals surface area contributed by atoms with E-state index in [1.54, 1.807) is 6.92 Å². The minimum atomic E-state index is -0.253. The van der Waals surface area contributed by atoms with Crippen molar-refractivity contribution < 1.29 is 9.53 Å². The van der Waals surface area contributed by atoms with Crippen LogP contribution in [-0.2, 0) is 9.53 Å². The third kappa shape index (κ3) is 1.97. The molecule has 0 saturated carbocycles. The molecule has 0 aromatic heterocycles. The molecule has 0 aromatic carbocycles. The summed E-state index contributed by atoms with van der Waals surface area (Å²) in [7, 11) is 0. The summed E-state index contributed by atoms with van der Waals surface area (Å²) in [6, 6.07) is 0. The Morgan fingerprint density at radius 2 is 2.38 bits per heavy atom. The van der Waals surface area contributed by atoms with Crippen molar-refractivity contribution in [3.63, 3.8) is 0 Å². The molecule has 1 unspecified atom stereocenters. The average molecular weight is 181 g/mol. The van der Waals surface area contributed by atoms with Gasteiger partial charge in [0, 0.05) is 17.2 Å². The first-order valence-electron chi connectivity index (χ1n) is 4.65. The van der Waals surface area contributed by atoms with E-state index in [-0.39, 0.29) is 11.9 Å². The molecule has 0 bridgehead atoms. The Hall–Kier alpha value is -1.12. The van der Waals surface area contributed by atoms with Gasteiger partial charge in [-0.1, -0.05) is 13.0 Å². The number of ether oxygens (including phenoxy) is 1. The van der Waals surface area contributed by atoms with Crippen molar-refractivity contribution in [1.82, 2.24) is 0 Å². The van der Waals surface area contributed by atoms with E-state index in [2.05, 4.69) is 0 Å². The number of nitrogens with one attached hydrogen (secondary N) is 1. The van der Waals surface area contributed by atoms with Gasteiger partial charge in [0.25, 0.3) is 0 Å². The van der Waals surface area contributed by atoms with Crippen LogP contribution in [0.3, 0.4) is 0 Å². The summed E-state index contributed by atoms with van der Waals surface area (Å²) < 4.78 is 4.87. The van der Waals surface area contributed by atoms with Gasteiger partial charge in [0.1, 0.15) is 0 Å². The van der Waals surface area contributed by atoms with Crippen molar-refractivity contribution in [2.24, 2.45) is 5.92 Å². The highest BCUT2D eigenvalue weighted by Gasteiger charge is 2.30. The Morgan fingerprint density at radius 1 is 1.69 bits per heavy atom. The van der Waals surface area contributed by atoms with E-state index in [0.717, 1.165) is 6.42 Å². The average Bonchev–Trinajstić information content (AvgIpc) is 2.02. The van der Waals surface area contributed by atoms with Crippen LogP contribution in [0.15, 0.2) is 11.6 Å². The highest BCUT2D eigenvalue weighted by Crippen LogP contribution is 2.29. The highest BCUT2D eigenvalue weighted by atomic mass is 16.5. The molecule has 0 saturated heterocycles. The van der Waals surface area contributed by atoms with Crippen molar-refractivity contribution in [2.75, 3.05) is 6.61 Å². The number of esters is 1. The summed E-state index contributed by atoms with van der Waals surface area (Å²) in [5, 5.41) is 7.60. The molecule has 3 heteroatoms. The summed E-state index contributed by atoms with van der Waals surface area (Å²) >= 11 is 0. The predicted octanol–water partition coefficient (Wildman–Crippen LogP) is 1.93. The number of rotatable bonds is 4. The summed E-state index contributed by atoms with van der Waals surface area (Å²) in [5.41, 5.74) is 1.30. The van der Waals surface area contributed by atoms with Crippen molar-refractivity contribution >= 4 is 11.7 Å². The van der Waals surface area contributed by atoms with Gasteiger partial charge in [-0.25, -0.2) is 4.79 Å². The Labute approximate surface area is 78.3 Å². The van der Waals surface area contributed by atoms with Gasteiger partial charge < -0.3 is 10.1 Å². The molecule has 1 N–H and O–H groups in total. The lowest BCUT2D eigenvalue weighted by Gasteiger charge is -2.25. The van der Waals surface area contributed by atoms with Crippen LogP contribution >= 0.6 is 0 Å². The van der Waals surface area contributed by atoms with E-state index in [1.165, 1.54) is 0 Å². The van der Waals surface area contributed by atoms with E-state index in [9.17, 15) is 4.79 Å². The maximum Gasteiger partial charge on any atom is 0.334 e. The molecule has 0 aliphatic heterocycles. The smallest absolute Gasteiger partial charge is 0.334 e. The second-order valence-electron chi connectivity index (χ2n) is 3.05. The van der Waals surface area contributed by atoms with Crippen molar-refractivity contribution in [1.29, 1.82) is 5.41 Å². The zero-order valence-corrected chi connectivity index (χ0v) is 8.09.